The molecule has 160 valence electrons. The molecule has 1 fully saturated rings. The Kier molecular flexibility index (Phi) is 5.96. The van der Waals surface area contributed by atoms with Crippen molar-refractivity contribution in [2.75, 3.05) is 26.4 Å². The normalized spacial score (nSPS) is 27.6. The van der Waals surface area contributed by atoms with Crippen molar-refractivity contribution in [3.8, 4) is 0 Å². The van der Waals surface area contributed by atoms with E-state index in [0.29, 0.717) is 6.04 Å². The van der Waals surface area contributed by atoms with Gasteiger partial charge in [-0.15, -0.1) is 11.8 Å². The number of likely N-dealkylation sites (N-methyl/N-ethyl adjacent to an activating group) is 1. The third-order valence-corrected chi connectivity index (χ3v) is 8.57. The topological polar surface area (TPSA) is 6.25 Å². The molecule has 30 heavy (non-hydrogen) atoms. The van der Waals surface area contributed by atoms with Crippen LogP contribution in [0.25, 0.3) is 0 Å². The van der Waals surface area contributed by atoms with E-state index in [1.807, 2.05) is 11.8 Å². The van der Waals surface area contributed by atoms with Crippen LogP contribution in [0.3, 0.4) is 0 Å². The largest absolute Gasteiger partial charge is 0.301 e. The van der Waals surface area contributed by atoms with Crippen LogP contribution >= 0.6 is 11.8 Å². The van der Waals surface area contributed by atoms with E-state index in [4.69, 9.17) is 0 Å². The Morgan fingerprint density at radius 3 is 2.63 bits per heavy atom. The van der Waals surface area contributed by atoms with E-state index in [-0.39, 0.29) is 0 Å². The van der Waals surface area contributed by atoms with Crippen LogP contribution in [0, 0.1) is 0 Å². The third kappa shape index (κ3) is 4.22. The van der Waals surface area contributed by atoms with Crippen LogP contribution < -0.4 is 0 Å². The highest BCUT2D eigenvalue weighted by Gasteiger charge is 2.41. The summed E-state index contributed by atoms with van der Waals surface area (Å²) in [6.07, 6.45) is 11.0. The summed E-state index contributed by atoms with van der Waals surface area (Å²) in [4.78, 5) is 6.87. The molecule has 0 N–H and O–H groups in total. The number of thioether (sulfide) groups is 1. The summed E-state index contributed by atoms with van der Waals surface area (Å²) < 4.78 is 0. The smallest absolute Gasteiger partial charge is 0.0354 e. The van der Waals surface area contributed by atoms with Gasteiger partial charge >= 0.3 is 0 Å². The molecule has 0 spiro atoms. The molecule has 0 bridgehead atoms. The summed E-state index contributed by atoms with van der Waals surface area (Å²) in [5.74, 6) is 0. The zero-order valence-electron chi connectivity index (χ0n) is 18.9. The van der Waals surface area contributed by atoms with Crippen LogP contribution in [0.4, 0.5) is 0 Å². The SMILES string of the molecule is CCc1ccc2c(c1)CCC(N1CC1CN(C)C1CCc3ccc(SC)cc3C1)C2. The molecule has 3 aliphatic rings. The summed E-state index contributed by atoms with van der Waals surface area (Å²) in [5.41, 5.74) is 7.89. The van der Waals surface area contributed by atoms with Gasteiger partial charge in [0.2, 0.25) is 0 Å². The lowest BCUT2D eigenvalue weighted by molar-refractivity contribution is 0.205. The Hall–Kier alpha value is -1.29. The summed E-state index contributed by atoms with van der Waals surface area (Å²) in [6, 6.07) is 16.6. The third-order valence-electron chi connectivity index (χ3n) is 7.85. The minimum atomic E-state index is 0.705. The molecule has 2 aliphatic carbocycles. The second kappa shape index (κ2) is 8.68. The molecular weight excluding hydrogens is 384 g/mol. The van der Waals surface area contributed by atoms with E-state index < -0.39 is 0 Å². The Morgan fingerprint density at radius 2 is 1.80 bits per heavy atom. The Morgan fingerprint density at radius 1 is 0.967 bits per heavy atom. The maximum atomic E-state index is 2.79. The lowest BCUT2D eigenvalue weighted by Gasteiger charge is -2.33. The van der Waals surface area contributed by atoms with E-state index in [1.54, 1.807) is 22.3 Å². The van der Waals surface area contributed by atoms with E-state index >= 15 is 0 Å². The molecule has 2 aromatic carbocycles. The number of benzene rings is 2. The second-order valence-electron chi connectivity index (χ2n) is 9.67. The quantitative estimate of drug-likeness (QED) is 0.479. The van der Waals surface area contributed by atoms with Gasteiger partial charge in [-0.25, -0.2) is 0 Å². The molecule has 2 nitrogen and oxygen atoms in total. The van der Waals surface area contributed by atoms with Crippen LogP contribution in [0.5, 0.6) is 0 Å². The number of fused-ring (bicyclic) bond motifs is 2. The van der Waals surface area contributed by atoms with Gasteiger partial charge in [-0.2, -0.15) is 0 Å². The maximum Gasteiger partial charge on any atom is 0.0354 e. The molecular formula is C27H36N2S. The Bertz CT molecular complexity index is 908. The predicted molar refractivity (Wildman–Crippen MR) is 129 cm³/mol. The first kappa shape index (κ1) is 20.6. The number of rotatable bonds is 6. The number of hydrogen-bond acceptors (Lipinski definition) is 3. The van der Waals surface area contributed by atoms with Gasteiger partial charge < -0.3 is 4.90 Å². The van der Waals surface area contributed by atoms with E-state index in [0.717, 1.165) is 18.5 Å². The van der Waals surface area contributed by atoms with Crippen LogP contribution in [0.2, 0.25) is 0 Å². The minimum Gasteiger partial charge on any atom is -0.301 e. The molecule has 3 heteroatoms. The fourth-order valence-electron chi connectivity index (χ4n) is 5.80. The summed E-state index contributed by atoms with van der Waals surface area (Å²) in [7, 11) is 2.37. The molecule has 4 unspecified atom stereocenters. The van der Waals surface area contributed by atoms with Crippen molar-refractivity contribution >= 4 is 11.8 Å². The van der Waals surface area contributed by atoms with Crippen LogP contribution in [-0.2, 0) is 32.1 Å². The minimum absolute atomic E-state index is 0.705. The van der Waals surface area contributed by atoms with Gasteiger partial charge in [0.15, 0.2) is 0 Å². The van der Waals surface area contributed by atoms with Gasteiger partial charge in [0.1, 0.15) is 0 Å². The fraction of sp³-hybridized carbons (Fsp3) is 0.556. The van der Waals surface area contributed by atoms with Gasteiger partial charge in [0, 0.05) is 36.1 Å². The highest BCUT2D eigenvalue weighted by Crippen LogP contribution is 2.33. The number of nitrogens with zero attached hydrogens (tertiary/aromatic N) is 2. The number of aryl methyl sites for hydroxylation is 3. The predicted octanol–water partition coefficient (Wildman–Crippen LogP) is 5.00. The monoisotopic (exact) mass is 420 g/mol. The lowest BCUT2D eigenvalue weighted by atomic mass is 9.86. The number of hydrogen-bond donors (Lipinski definition) is 0. The van der Waals surface area contributed by atoms with Gasteiger partial charge in [-0.05, 0) is 98.2 Å². The first-order valence-corrected chi connectivity index (χ1v) is 13.1. The lowest BCUT2D eigenvalue weighted by Crippen LogP contribution is -2.40. The van der Waals surface area contributed by atoms with Crippen molar-refractivity contribution in [3.05, 3.63) is 64.2 Å². The Labute approximate surface area is 187 Å². The van der Waals surface area contributed by atoms with Gasteiger partial charge in [0.25, 0.3) is 0 Å². The highest BCUT2D eigenvalue weighted by molar-refractivity contribution is 7.98. The molecule has 0 amide bonds. The van der Waals surface area contributed by atoms with Gasteiger partial charge in [0.05, 0.1) is 0 Å². The first-order valence-electron chi connectivity index (χ1n) is 11.9. The zero-order chi connectivity index (χ0) is 20.7. The molecule has 0 radical (unpaired) electrons. The standard InChI is InChI=1S/C27H36N2S/c1-4-19-5-6-22-14-25(11-8-21(22)13-19)29-18-26(29)17-28(2)24-10-7-20-9-12-27(30-3)16-23(20)15-24/h5-6,9,12-13,16,24-26H,4,7-8,10-11,14-15,17-18H2,1-3H3. The molecule has 2 aromatic rings. The molecule has 0 saturated carbocycles. The molecule has 1 saturated heterocycles. The summed E-state index contributed by atoms with van der Waals surface area (Å²) in [5, 5.41) is 0. The fourth-order valence-corrected chi connectivity index (χ4v) is 6.26. The Balaban J connectivity index is 1.16. The van der Waals surface area contributed by atoms with Crippen molar-refractivity contribution in [2.24, 2.45) is 0 Å². The van der Waals surface area contributed by atoms with Crippen molar-refractivity contribution < 1.29 is 0 Å². The van der Waals surface area contributed by atoms with Crippen molar-refractivity contribution in [2.45, 2.75) is 74.9 Å². The first-order chi connectivity index (χ1) is 14.6. The molecule has 4 atom stereocenters. The highest BCUT2D eigenvalue weighted by atomic mass is 32.2. The average Bonchev–Trinajstić information content (AvgIpc) is 3.56. The van der Waals surface area contributed by atoms with Crippen molar-refractivity contribution in [1.29, 1.82) is 0 Å². The van der Waals surface area contributed by atoms with E-state index in [9.17, 15) is 0 Å². The van der Waals surface area contributed by atoms with E-state index in [1.165, 1.54) is 62.1 Å². The van der Waals surface area contributed by atoms with Gasteiger partial charge in [-0.1, -0.05) is 31.2 Å². The molecule has 5 rings (SSSR count). The summed E-state index contributed by atoms with van der Waals surface area (Å²) in [6.45, 7) is 4.80. The summed E-state index contributed by atoms with van der Waals surface area (Å²) >= 11 is 1.86. The van der Waals surface area contributed by atoms with Crippen molar-refractivity contribution in [1.82, 2.24) is 9.80 Å². The second-order valence-corrected chi connectivity index (χ2v) is 10.6. The van der Waals surface area contributed by atoms with Crippen LogP contribution in [-0.4, -0.2) is 54.3 Å². The molecule has 0 aromatic heterocycles. The molecule has 1 heterocycles. The average molecular weight is 421 g/mol. The van der Waals surface area contributed by atoms with Gasteiger partial charge in [-0.3, -0.25) is 4.90 Å². The van der Waals surface area contributed by atoms with Crippen LogP contribution in [0.1, 0.15) is 47.6 Å². The van der Waals surface area contributed by atoms with E-state index in [2.05, 4.69) is 66.4 Å². The molecule has 1 aliphatic heterocycles. The zero-order valence-corrected chi connectivity index (χ0v) is 19.7. The maximum absolute atomic E-state index is 2.79. The van der Waals surface area contributed by atoms with Crippen LogP contribution in [0.15, 0.2) is 41.3 Å². The van der Waals surface area contributed by atoms with Crippen molar-refractivity contribution in [3.63, 3.8) is 0 Å².